The van der Waals surface area contributed by atoms with Gasteiger partial charge in [0.1, 0.15) is 5.82 Å². The molecule has 0 fully saturated rings. The topological polar surface area (TPSA) is 15.3 Å². The normalized spacial score (nSPS) is 14.1. The summed E-state index contributed by atoms with van der Waals surface area (Å²) in [6, 6.07) is 5.55. The first-order valence-electron chi connectivity index (χ1n) is 5.91. The maximum atomic E-state index is 13.3. The maximum Gasteiger partial charge on any atom is 0.126 e. The van der Waals surface area contributed by atoms with Crippen LogP contribution >= 0.6 is 0 Å². The van der Waals surface area contributed by atoms with E-state index in [9.17, 15) is 4.39 Å². The highest BCUT2D eigenvalue weighted by Crippen LogP contribution is 2.30. The van der Waals surface area contributed by atoms with Gasteiger partial charge in [0.2, 0.25) is 0 Å². The minimum atomic E-state index is -0.145. The summed E-state index contributed by atoms with van der Waals surface area (Å²) in [7, 11) is 6.04. The van der Waals surface area contributed by atoms with E-state index in [0.29, 0.717) is 5.56 Å². The van der Waals surface area contributed by atoms with Crippen molar-refractivity contribution in [3.05, 3.63) is 35.1 Å². The summed E-state index contributed by atoms with van der Waals surface area (Å²) >= 11 is 0. The molecule has 1 atom stereocenters. The highest BCUT2D eigenvalue weighted by Gasteiger charge is 2.31. The molecule has 1 N–H and O–H groups in total. The molecule has 0 aliphatic rings. The van der Waals surface area contributed by atoms with Crippen molar-refractivity contribution in [2.45, 2.75) is 32.4 Å². The Morgan fingerprint density at radius 1 is 1.29 bits per heavy atom. The fourth-order valence-corrected chi connectivity index (χ4v) is 2.33. The van der Waals surface area contributed by atoms with E-state index in [1.165, 1.54) is 0 Å². The molecule has 17 heavy (non-hydrogen) atoms. The lowest BCUT2D eigenvalue weighted by Gasteiger charge is -2.39. The SMILES string of the molecule is CNC(C)(C)C(c1ccc(F)c(C)c1)N(C)C. The van der Waals surface area contributed by atoms with E-state index in [1.807, 2.05) is 33.3 Å². The molecule has 0 saturated heterocycles. The van der Waals surface area contributed by atoms with Gasteiger partial charge in [0, 0.05) is 5.54 Å². The minimum Gasteiger partial charge on any atom is -0.313 e. The molecular weight excluding hydrogens is 215 g/mol. The lowest BCUT2D eigenvalue weighted by Crippen LogP contribution is -2.48. The average molecular weight is 238 g/mol. The molecule has 0 saturated carbocycles. The van der Waals surface area contributed by atoms with Gasteiger partial charge in [-0.15, -0.1) is 0 Å². The van der Waals surface area contributed by atoms with Crippen LogP contribution in [-0.2, 0) is 0 Å². The van der Waals surface area contributed by atoms with Crippen molar-refractivity contribution >= 4 is 0 Å². The van der Waals surface area contributed by atoms with Gasteiger partial charge in [-0.05, 0) is 59.1 Å². The van der Waals surface area contributed by atoms with Crippen LogP contribution in [0.4, 0.5) is 4.39 Å². The standard InChI is InChI=1S/C14H23FN2/c1-10-9-11(7-8-12(10)15)13(17(5)6)14(2,3)16-4/h7-9,13,16H,1-6H3. The lowest BCUT2D eigenvalue weighted by molar-refractivity contribution is 0.177. The second-order valence-corrected chi connectivity index (χ2v) is 5.35. The molecular formula is C14H23FN2. The molecule has 1 unspecified atom stereocenters. The lowest BCUT2D eigenvalue weighted by atomic mass is 9.87. The van der Waals surface area contributed by atoms with E-state index < -0.39 is 0 Å². The number of nitrogens with zero attached hydrogens (tertiary/aromatic N) is 1. The third-order valence-electron chi connectivity index (χ3n) is 3.34. The number of rotatable bonds is 4. The highest BCUT2D eigenvalue weighted by atomic mass is 19.1. The molecule has 0 aliphatic heterocycles. The van der Waals surface area contributed by atoms with E-state index >= 15 is 0 Å². The van der Waals surface area contributed by atoms with Crippen molar-refractivity contribution in [3.63, 3.8) is 0 Å². The molecule has 0 bridgehead atoms. The van der Waals surface area contributed by atoms with E-state index in [4.69, 9.17) is 0 Å². The Morgan fingerprint density at radius 3 is 2.29 bits per heavy atom. The van der Waals surface area contributed by atoms with Gasteiger partial charge in [0.15, 0.2) is 0 Å². The summed E-state index contributed by atoms with van der Waals surface area (Å²) in [6.45, 7) is 6.10. The van der Waals surface area contributed by atoms with Gasteiger partial charge in [-0.2, -0.15) is 0 Å². The molecule has 0 aliphatic carbocycles. The van der Waals surface area contributed by atoms with Crippen molar-refractivity contribution < 1.29 is 4.39 Å². The quantitative estimate of drug-likeness (QED) is 0.867. The predicted molar refractivity (Wildman–Crippen MR) is 70.7 cm³/mol. The number of nitrogens with one attached hydrogen (secondary N) is 1. The monoisotopic (exact) mass is 238 g/mol. The molecule has 3 heteroatoms. The van der Waals surface area contributed by atoms with Crippen molar-refractivity contribution in [1.29, 1.82) is 0 Å². The number of hydrogen-bond donors (Lipinski definition) is 1. The molecule has 1 aromatic carbocycles. The van der Waals surface area contributed by atoms with Crippen LogP contribution in [0, 0.1) is 12.7 Å². The summed E-state index contributed by atoms with van der Waals surface area (Å²) in [5.74, 6) is -0.145. The summed E-state index contributed by atoms with van der Waals surface area (Å²) < 4.78 is 13.3. The first kappa shape index (κ1) is 14.1. The Morgan fingerprint density at radius 2 is 1.88 bits per heavy atom. The second kappa shape index (κ2) is 5.15. The molecule has 0 aromatic heterocycles. The van der Waals surface area contributed by atoms with Crippen LogP contribution in [0.3, 0.4) is 0 Å². The fourth-order valence-electron chi connectivity index (χ4n) is 2.33. The van der Waals surface area contributed by atoms with Crippen LogP contribution in [-0.4, -0.2) is 31.6 Å². The number of halogens is 1. The Balaban J connectivity index is 3.19. The van der Waals surface area contributed by atoms with E-state index in [0.717, 1.165) is 5.56 Å². The van der Waals surface area contributed by atoms with Crippen molar-refractivity contribution in [1.82, 2.24) is 10.2 Å². The third-order valence-corrected chi connectivity index (χ3v) is 3.34. The summed E-state index contributed by atoms with van der Waals surface area (Å²) in [5.41, 5.74) is 1.75. The van der Waals surface area contributed by atoms with E-state index in [1.54, 1.807) is 13.0 Å². The van der Waals surface area contributed by atoms with Crippen LogP contribution in [0.2, 0.25) is 0 Å². The average Bonchev–Trinajstić information content (AvgIpc) is 2.22. The smallest absolute Gasteiger partial charge is 0.126 e. The van der Waals surface area contributed by atoms with Crippen LogP contribution in [0.5, 0.6) is 0 Å². The Labute approximate surface area is 104 Å². The van der Waals surface area contributed by atoms with Gasteiger partial charge >= 0.3 is 0 Å². The summed E-state index contributed by atoms with van der Waals surface area (Å²) in [4.78, 5) is 2.16. The first-order valence-corrected chi connectivity index (χ1v) is 5.91. The highest BCUT2D eigenvalue weighted by molar-refractivity contribution is 5.28. The third kappa shape index (κ3) is 3.05. The van der Waals surface area contributed by atoms with Gasteiger partial charge < -0.3 is 10.2 Å². The zero-order chi connectivity index (χ0) is 13.2. The molecule has 1 aromatic rings. The van der Waals surface area contributed by atoms with Gasteiger partial charge in [-0.1, -0.05) is 12.1 Å². The van der Waals surface area contributed by atoms with Crippen LogP contribution < -0.4 is 5.32 Å². The van der Waals surface area contributed by atoms with Gasteiger partial charge in [0.25, 0.3) is 0 Å². The van der Waals surface area contributed by atoms with E-state index in [-0.39, 0.29) is 17.4 Å². The second-order valence-electron chi connectivity index (χ2n) is 5.35. The summed E-state index contributed by atoms with van der Waals surface area (Å²) in [6.07, 6.45) is 0. The van der Waals surface area contributed by atoms with Crippen LogP contribution in [0.25, 0.3) is 0 Å². The maximum absolute atomic E-state index is 13.3. The number of likely N-dealkylation sites (N-methyl/N-ethyl adjacent to an activating group) is 2. The van der Waals surface area contributed by atoms with Gasteiger partial charge in [-0.25, -0.2) is 4.39 Å². The van der Waals surface area contributed by atoms with Crippen molar-refractivity contribution in [2.75, 3.05) is 21.1 Å². The Kier molecular flexibility index (Phi) is 4.28. The largest absolute Gasteiger partial charge is 0.313 e. The Hall–Kier alpha value is -0.930. The van der Waals surface area contributed by atoms with Gasteiger partial charge in [0.05, 0.1) is 6.04 Å². The molecule has 1 rings (SSSR count). The molecule has 0 heterocycles. The van der Waals surface area contributed by atoms with Crippen LogP contribution in [0.1, 0.15) is 31.0 Å². The number of aryl methyl sites for hydroxylation is 1. The molecule has 0 amide bonds. The molecule has 96 valence electrons. The summed E-state index contributed by atoms with van der Waals surface area (Å²) in [5, 5.41) is 3.32. The Bertz CT molecular complexity index is 386. The van der Waals surface area contributed by atoms with Crippen molar-refractivity contribution in [2.24, 2.45) is 0 Å². The van der Waals surface area contributed by atoms with Crippen molar-refractivity contribution in [3.8, 4) is 0 Å². The van der Waals surface area contributed by atoms with Gasteiger partial charge in [-0.3, -0.25) is 0 Å². The van der Waals surface area contributed by atoms with E-state index in [2.05, 4.69) is 24.1 Å². The number of hydrogen-bond acceptors (Lipinski definition) is 2. The minimum absolute atomic E-state index is 0.0756. The zero-order valence-corrected chi connectivity index (χ0v) is 11.6. The molecule has 0 spiro atoms. The van der Waals surface area contributed by atoms with Crippen LogP contribution in [0.15, 0.2) is 18.2 Å². The molecule has 0 radical (unpaired) electrons. The fraction of sp³-hybridized carbons (Fsp3) is 0.571. The zero-order valence-electron chi connectivity index (χ0n) is 11.6. The predicted octanol–water partition coefficient (Wildman–Crippen LogP) is 2.73. The first-order chi connectivity index (χ1) is 7.79. The number of benzene rings is 1. The molecule has 2 nitrogen and oxygen atoms in total.